The van der Waals surface area contributed by atoms with Crippen LogP contribution in [0.5, 0.6) is 0 Å². The van der Waals surface area contributed by atoms with Gasteiger partial charge in [-0.3, -0.25) is 4.79 Å². The molecule has 2 aromatic carbocycles. The molecular weight excluding hydrogens is 314 g/mol. The van der Waals surface area contributed by atoms with Crippen LogP contribution in [0.25, 0.3) is 0 Å². The van der Waals surface area contributed by atoms with E-state index in [9.17, 15) is 27.5 Å². The van der Waals surface area contributed by atoms with Gasteiger partial charge in [-0.15, -0.1) is 0 Å². The number of carbonyl (C=O) groups excluding carboxylic acids is 1. The summed E-state index contributed by atoms with van der Waals surface area (Å²) in [6.45, 7) is 0. The Hall–Kier alpha value is -2.41. The summed E-state index contributed by atoms with van der Waals surface area (Å²) in [5.74, 6) is -1.78. The molecule has 0 fully saturated rings. The van der Waals surface area contributed by atoms with E-state index < -0.39 is 41.7 Å². The Kier molecular flexibility index (Phi) is 5.00. The van der Waals surface area contributed by atoms with Gasteiger partial charge in [-0.2, -0.15) is 13.2 Å². The molecule has 0 aliphatic carbocycles. The number of aliphatic hydroxyl groups excluding tert-OH is 1. The van der Waals surface area contributed by atoms with Crippen molar-refractivity contribution in [3.63, 3.8) is 0 Å². The third-order valence-corrected chi connectivity index (χ3v) is 3.13. The molecule has 0 saturated carbocycles. The third-order valence-electron chi connectivity index (χ3n) is 3.13. The van der Waals surface area contributed by atoms with Crippen LogP contribution in [-0.2, 0) is 11.0 Å². The molecule has 7 heteroatoms. The first kappa shape index (κ1) is 17.0. The highest BCUT2D eigenvalue weighted by Crippen LogP contribution is 2.32. The van der Waals surface area contributed by atoms with Gasteiger partial charge >= 0.3 is 6.18 Å². The van der Waals surface area contributed by atoms with Gasteiger partial charge in [0, 0.05) is 0 Å². The number of hydrogen-bond acceptors (Lipinski definition) is 2. The molecule has 0 heterocycles. The van der Waals surface area contributed by atoms with Crippen LogP contribution in [0, 0.1) is 5.82 Å². The molecule has 23 heavy (non-hydrogen) atoms. The number of amides is 1. The second kappa shape index (κ2) is 6.78. The maximum Gasteiger partial charge on any atom is 0.416 e. The van der Waals surface area contributed by atoms with Gasteiger partial charge in [0.1, 0.15) is 5.82 Å². The van der Waals surface area contributed by atoms with E-state index in [1.54, 1.807) is 30.3 Å². The first-order valence-electron chi connectivity index (χ1n) is 6.67. The third kappa shape index (κ3) is 4.53. The molecule has 1 amide bonds. The maximum atomic E-state index is 13.5. The van der Waals surface area contributed by atoms with E-state index in [1.165, 1.54) is 0 Å². The van der Waals surface area contributed by atoms with Crippen LogP contribution in [0.3, 0.4) is 0 Å². The molecular formula is C16H13F4NO2. The minimum atomic E-state index is -4.64. The smallest absolute Gasteiger partial charge is 0.388 e. The largest absolute Gasteiger partial charge is 0.416 e. The van der Waals surface area contributed by atoms with Crippen LogP contribution in [0.2, 0.25) is 0 Å². The van der Waals surface area contributed by atoms with Crippen molar-refractivity contribution in [2.75, 3.05) is 5.32 Å². The van der Waals surface area contributed by atoms with Crippen LogP contribution < -0.4 is 5.32 Å². The summed E-state index contributed by atoms with van der Waals surface area (Å²) in [4.78, 5) is 11.8. The van der Waals surface area contributed by atoms with Crippen molar-refractivity contribution in [2.45, 2.75) is 18.7 Å². The number of halogens is 4. The summed E-state index contributed by atoms with van der Waals surface area (Å²) in [6, 6.07) is 10.0. The van der Waals surface area contributed by atoms with E-state index in [0.717, 1.165) is 0 Å². The number of benzene rings is 2. The van der Waals surface area contributed by atoms with Crippen molar-refractivity contribution in [2.24, 2.45) is 0 Å². The molecule has 1 atom stereocenters. The van der Waals surface area contributed by atoms with Crippen LogP contribution in [0.4, 0.5) is 23.2 Å². The zero-order valence-electron chi connectivity index (χ0n) is 11.8. The quantitative estimate of drug-likeness (QED) is 0.837. The van der Waals surface area contributed by atoms with Crippen molar-refractivity contribution < 1.29 is 27.5 Å². The average molecular weight is 327 g/mol. The second-order valence-electron chi connectivity index (χ2n) is 4.87. The monoisotopic (exact) mass is 327 g/mol. The summed E-state index contributed by atoms with van der Waals surface area (Å²) in [5.41, 5.74) is -1.17. The molecule has 0 saturated heterocycles. The number of alkyl halides is 3. The number of aliphatic hydroxyl groups is 1. The zero-order chi connectivity index (χ0) is 17.0. The molecule has 0 aliphatic rings. The van der Waals surface area contributed by atoms with E-state index in [0.29, 0.717) is 23.8 Å². The van der Waals surface area contributed by atoms with Gasteiger partial charge in [-0.05, 0) is 23.8 Å². The van der Waals surface area contributed by atoms with E-state index in [1.807, 2.05) is 5.32 Å². The Balaban J connectivity index is 2.08. The Labute approximate surface area is 129 Å². The van der Waals surface area contributed by atoms with Crippen molar-refractivity contribution in [3.05, 3.63) is 65.5 Å². The normalized spacial score (nSPS) is 12.7. The minimum absolute atomic E-state index is 0.403. The maximum absolute atomic E-state index is 13.5. The molecule has 122 valence electrons. The highest BCUT2D eigenvalue weighted by atomic mass is 19.4. The van der Waals surface area contributed by atoms with Gasteiger partial charge in [-0.25, -0.2) is 4.39 Å². The lowest BCUT2D eigenvalue weighted by Gasteiger charge is -2.13. The number of nitrogens with one attached hydrogen (secondary N) is 1. The molecule has 2 rings (SSSR count). The van der Waals surface area contributed by atoms with E-state index >= 15 is 0 Å². The predicted octanol–water partition coefficient (Wildman–Crippen LogP) is 3.91. The zero-order valence-corrected chi connectivity index (χ0v) is 11.8. The van der Waals surface area contributed by atoms with Crippen molar-refractivity contribution in [1.29, 1.82) is 0 Å². The highest BCUT2D eigenvalue weighted by Gasteiger charge is 2.31. The van der Waals surface area contributed by atoms with Crippen molar-refractivity contribution >= 4 is 11.6 Å². The fourth-order valence-corrected chi connectivity index (χ4v) is 1.97. The number of carbonyl (C=O) groups is 1. The summed E-state index contributed by atoms with van der Waals surface area (Å²) in [7, 11) is 0. The lowest BCUT2D eigenvalue weighted by atomic mass is 10.1. The van der Waals surface area contributed by atoms with Gasteiger partial charge in [0.15, 0.2) is 0 Å². The predicted molar refractivity (Wildman–Crippen MR) is 76.1 cm³/mol. The van der Waals surface area contributed by atoms with Crippen LogP contribution in [0.1, 0.15) is 23.7 Å². The second-order valence-corrected chi connectivity index (χ2v) is 4.87. The SMILES string of the molecule is O=C(CC(O)c1ccccc1)Nc1cc(C(F)(F)F)ccc1F. The molecule has 3 nitrogen and oxygen atoms in total. The Morgan fingerprint density at radius 3 is 2.39 bits per heavy atom. The molecule has 1 unspecified atom stereocenters. The van der Waals surface area contributed by atoms with Gasteiger partial charge in [0.25, 0.3) is 0 Å². The summed E-state index contributed by atoms with van der Waals surface area (Å²) in [5, 5.41) is 11.9. The topological polar surface area (TPSA) is 49.3 Å². The van der Waals surface area contributed by atoms with Crippen LogP contribution in [0.15, 0.2) is 48.5 Å². The number of hydrogen-bond donors (Lipinski definition) is 2. The molecule has 0 spiro atoms. The van der Waals surface area contributed by atoms with E-state index in [2.05, 4.69) is 0 Å². The van der Waals surface area contributed by atoms with Crippen molar-refractivity contribution in [1.82, 2.24) is 0 Å². The molecule has 2 N–H and O–H groups in total. The molecule has 0 aromatic heterocycles. The summed E-state index contributed by atoms with van der Waals surface area (Å²) < 4.78 is 51.3. The lowest BCUT2D eigenvalue weighted by Crippen LogP contribution is -2.17. The number of anilines is 1. The van der Waals surface area contributed by atoms with Gasteiger partial charge in [0.2, 0.25) is 5.91 Å². The standard InChI is InChI=1S/C16H13F4NO2/c17-12-7-6-11(16(18,19)20)8-13(12)21-15(23)9-14(22)10-4-2-1-3-5-10/h1-8,14,22H,9H2,(H,21,23). The Bertz CT molecular complexity index is 686. The van der Waals surface area contributed by atoms with Gasteiger partial charge < -0.3 is 10.4 Å². The van der Waals surface area contributed by atoms with Gasteiger partial charge in [0.05, 0.1) is 23.8 Å². The molecule has 0 radical (unpaired) electrons. The van der Waals surface area contributed by atoms with Crippen LogP contribution in [-0.4, -0.2) is 11.0 Å². The van der Waals surface area contributed by atoms with E-state index in [-0.39, 0.29) is 0 Å². The average Bonchev–Trinajstić information content (AvgIpc) is 2.49. The fourth-order valence-electron chi connectivity index (χ4n) is 1.97. The molecule has 2 aromatic rings. The minimum Gasteiger partial charge on any atom is -0.388 e. The highest BCUT2D eigenvalue weighted by molar-refractivity contribution is 5.91. The number of rotatable bonds is 4. The van der Waals surface area contributed by atoms with E-state index in [4.69, 9.17) is 0 Å². The first-order valence-corrected chi connectivity index (χ1v) is 6.67. The first-order chi connectivity index (χ1) is 10.8. The Morgan fingerprint density at radius 2 is 1.78 bits per heavy atom. The van der Waals surface area contributed by atoms with Gasteiger partial charge in [-0.1, -0.05) is 30.3 Å². The molecule has 0 bridgehead atoms. The lowest BCUT2D eigenvalue weighted by molar-refractivity contribution is -0.137. The summed E-state index contributed by atoms with van der Waals surface area (Å²) in [6.07, 6.45) is -6.18. The fraction of sp³-hybridized carbons (Fsp3) is 0.188. The van der Waals surface area contributed by atoms with Crippen molar-refractivity contribution in [3.8, 4) is 0 Å². The summed E-state index contributed by atoms with van der Waals surface area (Å²) >= 11 is 0. The Morgan fingerprint density at radius 1 is 1.13 bits per heavy atom. The molecule has 0 aliphatic heterocycles. The van der Waals surface area contributed by atoms with Crippen LogP contribution >= 0.6 is 0 Å².